The van der Waals surface area contributed by atoms with E-state index < -0.39 is 11.9 Å². The number of rotatable bonds is 6. The standard InChI is InChI=1S/C20H18N4O4/c21-23(15-9-3-1-4-10-15)27-19(25)17-13-7-8-14-18(17)20(26)28-24(22)16-11-5-2-6-12-16/h1-14H,21-22H2. The first kappa shape index (κ1) is 18.9. The van der Waals surface area contributed by atoms with Gasteiger partial charge in [-0.25, -0.2) is 21.3 Å². The van der Waals surface area contributed by atoms with Crippen LogP contribution in [0.1, 0.15) is 20.7 Å². The van der Waals surface area contributed by atoms with Gasteiger partial charge in [0.25, 0.3) is 0 Å². The third-order valence-corrected chi connectivity index (χ3v) is 3.75. The number of carbonyl (C=O) groups is 2. The number of carbonyl (C=O) groups excluding carboxylic acids is 2. The Kier molecular flexibility index (Phi) is 5.85. The highest BCUT2D eigenvalue weighted by atomic mass is 16.7. The molecule has 3 aromatic rings. The quantitative estimate of drug-likeness (QED) is 0.497. The Hall–Kier alpha value is -3.88. The van der Waals surface area contributed by atoms with E-state index >= 15 is 0 Å². The first-order chi connectivity index (χ1) is 13.6. The van der Waals surface area contributed by atoms with Gasteiger partial charge in [0.2, 0.25) is 0 Å². The summed E-state index contributed by atoms with van der Waals surface area (Å²) in [5, 5.41) is 1.65. The SMILES string of the molecule is NN(OC(=O)c1ccccc1C(=O)ON(N)c1ccccc1)c1ccccc1. The number of para-hydroxylation sites is 2. The molecular formula is C20H18N4O4. The maximum atomic E-state index is 12.5. The maximum Gasteiger partial charge on any atom is 0.365 e. The summed E-state index contributed by atoms with van der Waals surface area (Å²) >= 11 is 0. The van der Waals surface area contributed by atoms with Crippen LogP contribution in [0.2, 0.25) is 0 Å². The average molecular weight is 378 g/mol. The van der Waals surface area contributed by atoms with Crippen LogP contribution in [-0.2, 0) is 9.68 Å². The van der Waals surface area contributed by atoms with Crippen molar-refractivity contribution in [3.8, 4) is 0 Å². The fourth-order valence-electron chi connectivity index (χ4n) is 2.37. The predicted molar refractivity (Wildman–Crippen MR) is 103 cm³/mol. The van der Waals surface area contributed by atoms with E-state index in [1.807, 2.05) is 0 Å². The molecule has 0 bridgehead atoms. The normalized spacial score (nSPS) is 10.1. The molecular weight excluding hydrogens is 360 g/mol. The van der Waals surface area contributed by atoms with E-state index in [1.165, 1.54) is 12.1 Å². The summed E-state index contributed by atoms with van der Waals surface area (Å²) in [6.45, 7) is 0. The summed E-state index contributed by atoms with van der Waals surface area (Å²) in [6.07, 6.45) is 0. The van der Waals surface area contributed by atoms with Gasteiger partial charge in [0, 0.05) is 0 Å². The molecule has 0 spiro atoms. The maximum absolute atomic E-state index is 12.5. The van der Waals surface area contributed by atoms with E-state index in [0.29, 0.717) is 11.4 Å². The third-order valence-electron chi connectivity index (χ3n) is 3.75. The first-order valence-corrected chi connectivity index (χ1v) is 8.29. The minimum absolute atomic E-state index is 0.0136. The Balaban J connectivity index is 1.75. The smallest absolute Gasteiger partial charge is 0.320 e. The van der Waals surface area contributed by atoms with Crippen molar-refractivity contribution in [3.05, 3.63) is 96.1 Å². The van der Waals surface area contributed by atoms with E-state index in [0.717, 1.165) is 10.3 Å². The monoisotopic (exact) mass is 378 g/mol. The molecule has 8 heteroatoms. The van der Waals surface area contributed by atoms with Gasteiger partial charge in [-0.05, 0) is 36.4 Å². The van der Waals surface area contributed by atoms with Crippen LogP contribution in [0, 0.1) is 0 Å². The van der Waals surface area contributed by atoms with Crippen molar-refractivity contribution in [2.24, 2.45) is 11.7 Å². The largest absolute Gasteiger partial charge is 0.365 e. The number of hydrazine groups is 2. The molecule has 0 aliphatic rings. The number of hydrogen-bond acceptors (Lipinski definition) is 8. The summed E-state index contributed by atoms with van der Waals surface area (Å²) in [5.41, 5.74) is 0.905. The molecule has 0 aliphatic heterocycles. The lowest BCUT2D eigenvalue weighted by molar-refractivity contribution is 0.0402. The Morgan fingerprint density at radius 1 is 0.571 bits per heavy atom. The molecule has 0 unspecified atom stereocenters. The van der Waals surface area contributed by atoms with Crippen LogP contribution in [0.4, 0.5) is 11.4 Å². The van der Waals surface area contributed by atoms with Gasteiger partial charge in [-0.15, -0.1) is 10.3 Å². The van der Waals surface area contributed by atoms with Gasteiger partial charge in [0.05, 0.1) is 22.5 Å². The van der Waals surface area contributed by atoms with Crippen LogP contribution in [-0.4, -0.2) is 11.9 Å². The summed E-state index contributed by atoms with van der Waals surface area (Å²) in [7, 11) is 0. The lowest BCUT2D eigenvalue weighted by Gasteiger charge is -2.19. The number of nitrogens with zero attached hydrogens (tertiary/aromatic N) is 2. The van der Waals surface area contributed by atoms with Gasteiger partial charge in [0.15, 0.2) is 0 Å². The molecule has 0 aliphatic carbocycles. The molecule has 28 heavy (non-hydrogen) atoms. The molecule has 0 radical (unpaired) electrons. The lowest BCUT2D eigenvalue weighted by atomic mass is 10.1. The van der Waals surface area contributed by atoms with Gasteiger partial charge >= 0.3 is 11.9 Å². The summed E-state index contributed by atoms with van der Waals surface area (Å²) in [5.74, 6) is 9.89. The molecule has 0 aromatic heterocycles. The molecule has 4 N–H and O–H groups in total. The molecule has 8 nitrogen and oxygen atoms in total. The minimum atomic E-state index is -0.817. The van der Waals surface area contributed by atoms with E-state index in [4.69, 9.17) is 21.4 Å². The van der Waals surface area contributed by atoms with Crippen LogP contribution >= 0.6 is 0 Å². The second kappa shape index (κ2) is 8.67. The van der Waals surface area contributed by atoms with Gasteiger partial charge < -0.3 is 9.68 Å². The van der Waals surface area contributed by atoms with E-state index in [1.54, 1.807) is 72.8 Å². The molecule has 0 heterocycles. The fourth-order valence-corrected chi connectivity index (χ4v) is 2.37. The minimum Gasteiger partial charge on any atom is -0.320 e. The Bertz CT molecular complexity index is 872. The van der Waals surface area contributed by atoms with E-state index in [-0.39, 0.29) is 11.1 Å². The Labute approximate surface area is 161 Å². The van der Waals surface area contributed by atoms with Crippen molar-refractivity contribution in [2.75, 3.05) is 10.3 Å². The Morgan fingerprint density at radius 2 is 0.893 bits per heavy atom. The zero-order chi connectivity index (χ0) is 19.9. The zero-order valence-corrected chi connectivity index (χ0v) is 14.8. The lowest BCUT2D eigenvalue weighted by Crippen LogP contribution is -2.35. The highest BCUT2D eigenvalue weighted by Crippen LogP contribution is 2.17. The van der Waals surface area contributed by atoms with Crippen molar-refractivity contribution < 1.29 is 19.3 Å². The van der Waals surface area contributed by atoms with Crippen LogP contribution < -0.4 is 22.0 Å². The molecule has 0 amide bonds. The van der Waals surface area contributed by atoms with Gasteiger partial charge in [-0.2, -0.15) is 0 Å². The van der Waals surface area contributed by atoms with Crippen molar-refractivity contribution in [1.82, 2.24) is 0 Å². The van der Waals surface area contributed by atoms with Gasteiger partial charge in [0.1, 0.15) is 0 Å². The second-order valence-corrected chi connectivity index (χ2v) is 5.63. The number of hydrogen-bond donors (Lipinski definition) is 2. The number of anilines is 2. The molecule has 0 atom stereocenters. The highest BCUT2D eigenvalue weighted by molar-refractivity contribution is 6.03. The molecule has 3 rings (SSSR count). The molecule has 3 aromatic carbocycles. The second-order valence-electron chi connectivity index (χ2n) is 5.63. The predicted octanol–water partition coefficient (Wildman–Crippen LogP) is 2.59. The molecule has 142 valence electrons. The van der Waals surface area contributed by atoms with Gasteiger partial charge in [-0.3, -0.25) is 0 Å². The van der Waals surface area contributed by atoms with Crippen molar-refractivity contribution in [3.63, 3.8) is 0 Å². The first-order valence-electron chi connectivity index (χ1n) is 8.29. The number of benzene rings is 3. The van der Waals surface area contributed by atoms with Crippen LogP contribution in [0.25, 0.3) is 0 Å². The Morgan fingerprint density at radius 3 is 1.25 bits per heavy atom. The van der Waals surface area contributed by atoms with E-state index in [9.17, 15) is 9.59 Å². The zero-order valence-electron chi connectivity index (χ0n) is 14.8. The topological polar surface area (TPSA) is 111 Å². The number of nitrogens with two attached hydrogens (primary N) is 2. The average Bonchev–Trinajstić information content (AvgIpc) is 2.74. The van der Waals surface area contributed by atoms with Crippen molar-refractivity contribution in [2.45, 2.75) is 0 Å². The van der Waals surface area contributed by atoms with Crippen LogP contribution in [0.15, 0.2) is 84.9 Å². The van der Waals surface area contributed by atoms with E-state index in [2.05, 4.69) is 0 Å². The summed E-state index contributed by atoms with van der Waals surface area (Å²) < 4.78 is 0. The van der Waals surface area contributed by atoms with Crippen molar-refractivity contribution in [1.29, 1.82) is 0 Å². The molecule has 0 fully saturated rings. The van der Waals surface area contributed by atoms with Gasteiger partial charge in [-0.1, -0.05) is 48.5 Å². The summed E-state index contributed by atoms with van der Waals surface area (Å²) in [6, 6.07) is 23.3. The summed E-state index contributed by atoms with van der Waals surface area (Å²) in [4.78, 5) is 35.3. The van der Waals surface area contributed by atoms with Crippen molar-refractivity contribution >= 4 is 23.3 Å². The third kappa shape index (κ3) is 4.44. The molecule has 0 saturated heterocycles. The fraction of sp³-hybridized carbons (Fsp3) is 0. The highest BCUT2D eigenvalue weighted by Gasteiger charge is 2.22. The van der Waals surface area contributed by atoms with Crippen LogP contribution in [0.3, 0.4) is 0 Å². The van der Waals surface area contributed by atoms with Crippen LogP contribution in [0.5, 0.6) is 0 Å². The molecule has 0 saturated carbocycles.